The summed E-state index contributed by atoms with van der Waals surface area (Å²) < 4.78 is 0. The Morgan fingerprint density at radius 1 is 0.625 bits per heavy atom. The van der Waals surface area contributed by atoms with Gasteiger partial charge in [0.1, 0.15) is 0 Å². The molecule has 0 aromatic rings. The van der Waals surface area contributed by atoms with Crippen molar-refractivity contribution in [1.29, 1.82) is 0 Å². The van der Waals surface area contributed by atoms with Gasteiger partial charge >= 0.3 is 69.8 Å². The first-order valence-electron chi connectivity index (χ1n) is 0. The molecule has 0 aliphatic heterocycles. The van der Waals surface area contributed by atoms with Gasteiger partial charge in [-0.15, -0.1) is 0 Å². The second-order valence-corrected chi connectivity index (χ2v) is 0. The van der Waals surface area contributed by atoms with Gasteiger partial charge in [0, 0.05) is 0 Å². The molecular weight excluding hydrogens is 375 g/mol. The van der Waals surface area contributed by atoms with Crippen LogP contribution in [0.1, 0.15) is 0 Å². The van der Waals surface area contributed by atoms with Crippen LogP contribution in [0.3, 0.4) is 0 Å². The van der Waals surface area contributed by atoms with Gasteiger partial charge in [-0.05, 0) is 0 Å². The number of hydrogen-bond donors (Lipinski definition) is 0. The van der Waals surface area contributed by atoms with Crippen LogP contribution in [-0.2, 0) is 124 Å². The van der Waals surface area contributed by atoms with E-state index in [1.54, 1.807) is 0 Å². The van der Waals surface area contributed by atoms with Gasteiger partial charge in [0.2, 0.25) is 0 Å². The minimum atomic E-state index is 0. The van der Waals surface area contributed by atoms with E-state index in [1.165, 1.54) is 0 Å². The van der Waals surface area contributed by atoms with Crippen LogP contribution >= 0.6 is 0 Å². The van der Waals surface area contributed by atoms with Crippen molar-refractivity contribution in [2.45, 2.75) is 0 Å². The molecule has 0 saturated carbocycles. The van der Waals surface area contributed by atoms with Crippen LogP contribution in [0.5, 0.6) is 0 Å². The Balaban J connectivity index is 0. The molecule has 0 fully saturated rings. The van der Waals surface area contributed by atoms with Crippen LogP contribution in [0, 0.1) is 0 Å². The molecule has 0 saturated heterocycles. The zero-order chi connectivity index (χ0) is 0. The topological polar surface area (TPSA) is 0 Å². The molecule has 2 radical (unpaired) electrons. The molecule has 0 aromatic heterocycles. The summed E-state index contributed by atoms with van der Waals surface area (Å²) in [6.07, 6.45) is 0. The molecule has 0 aromatic carbocycles. The molecule has 0 atom stereocenters. The van der Waals surface area contributed by atoms with Crippen molar-refractivity contribution >= 4 is 54.0 Å². The van der Waals surface area contributed by atoms with Gasteiger partial charge < -0.3 is 54.0 Å². The maximum atomic E-state index is 0. The third-order valence-electron chi connectivity index (χ3n) is 0. The van der Waals surface area contributed by atoms with Crippen LogP contribution < -0.4 is 0 Å². The summed E-state index contributed by atoms with van der Waals surface area (Å²) in [5.41, 5.74) is 0. The Kier molecular flexibility index (Phi) is 977. The van der Waals surface area contributed by atoms with Crippen molar-refractivity contribution in [3.05, 3.63) is 0 Å². The van der Waals surface area contributed by atoms with Crippen molar-refractivity contribution in [3.63, 3.8) is 0 Å². The molecule has 0 aliphatic carbocycles. The van der Waals surface area contributed by atoms with Crippen LogP contribution in [0.4, 0.5) is 0 Å². The molecule has 0 N–H and O–H groups in total. The Labute approximate surface area is 122 Å². The van der Waals surface area contributed by atoms with Gasteiger partial charge in [0.15, 0.2) is 0 Å². The monoisotopic (exact) mass is 372 g/mol. The third kappa shape index (κ3) is 55.5. The predicted molar refractivity (Wildman–Crippen MR) is 29.5 cm³/mol. The zero-order valence-corrected chi connectivity index (χ0v) is 12.5. The molecule has 0 nitrogen and oxygen atoms in total. The van der Waals surface area contributed by atoms with E-state index in [-0.39, 0.29) is 124 Å². The second-order valence-electron chi connectivity index (χ2n) is 0. The Hall–Kier alpha value is 3.54. The molecule has 56 valence electrons. The molecule has 0 heterocycles. The maximum Gasteiger partial charge on any atom is 2.00 e. The smallest absolute Gasteiger partial charge is 2.00 e. The summed E-state index contributed by atoms with van der Waals surface area (Å²) in [4.78, 5) is 0. The first-order valence-corrected chi connectivity index (χ1v) is 0. The minimum absolute atomic E-state index is 0. The van der Waals surface area contributed by atoms with Crippen LogP contribution in [0.2, 0.25) is 0 Å². The van der Waals surface area contributed by atoms with Gasteiger partial charge in [0.25, 0.3) is 0 Å². The number of rotatable bonds is 0. The van der Waals surface area contributed by atoms with E-state index in [4.69, 9.17) is 0 Å². The molecule has 0 unspecified atom stereocenters. The fourth-order valence-corrected chi connectivity index (χ4v) is 0. The van der Waals surface area contributed by atoms with E-state index in [2.05, 4.69) is 0 Å². The van der Waals surface area contributed by atoms with Crippen molar-refractivity contribution < 1.29 is 69.8 Å². The van der Waals surface area contributed by atoms with E-state index in [1.807, 2.05) is 0 Å². The summed E-state index contributed by atoms with van der Waals surface area (Å²) >= 11 is 0. The molecule has 8 heavy (non-hydrogen) atoms. The van der Waals surface area contributed by atoms with Gasteiger partial charge in [-0.25, -0.2) is 0 Å². The fraction of sp³-hybridized carbons (Fsp3) is 0. The van der Waals surface area contributed by atoms with Crippen molar-refractivity contribution in [2.24, 2.45) is 0 Å². The minimum Gasteiger partial charge on any atom is -2.00 e. The van der Waals surface area contributed by atoms with Gasteiger partial charge in [0.05, 0.1) is 0 Å². The zero-order valence-electron chi connectivity index (χ0n) is 3.29. The fourth-order valence-electron chi connectivity index (χ4n) is 0. The summed E-state index contributed by atoms with van der Waals surface area (Å²) in [5.74, 6) is 0. The first kappa shape index (κ1) is 102. The molecule has 8 heteroatoms. The summed E-state index contributed by atoms with van der Waals surface area (Å²) in [6.45, 7) is 0. The van der Waals surface area contributed by atoms with Gasteiger partial charge in [-0.2, -0.15) is 0 Å². The molecule has 0 amide bonds. The SMILES string of the molecule is [Co+2].[Cu+2].[Ni+2].[S-2].[S-2].[S-2].[S-2].[Zn+2]. The molecule has 0 aliphatic rings. The van der Waals surface area contributed by atoms with E-state index in [0.717, 1.165) is 0 Å². The average Bonchev–Trinajstić information content (AvgIpc) is 0. The predicted octanol–water partition coefficient (Wildman–Crippen LogP) is -0.0196. The van der Waals surface area contributed by atoms with Crippen molar-refractivity contribution in [1.82, 2.24) is 0 Å². The van der Waals surface area contributed by atoms with Crippen LogP contribution in [0.25, 0.3) is 0 Å². The van der Waals surface area contributed by atoms with Crippen molar-refractivity contribution in [3.8, 4) is 0 Å². The van der Waals surface area contributed by atoms with E-state index >= 15 is 0 Å². The Bertz CT molecular complexity index is 16.0. The molecule has 0 rings (SSSR count). The number of hydrogen-bond acceptors (Lipinski definition) is 0. The second kappa shape index (κ2) is 76.5. The first-order chi connectivity index (χ1) is 0. The van der Waals surface area contributed by atoms with Crippen LogP contribution in [0.15, 0.2) is 0 Å². The maximum absolute atomic E-state index is 0. The van der Waals surface area contributed by atoms with E-state index in [9.17, 15) is 0 Å². The average molecular weight is 375 g/mol. The van der Waals surface area contributed by atoms with E-state index in [0.29, 0.717) is 0 Å². The molecular formula is CoCuNiS4Zn. The normalized spacial score (nSPS) is 0. The Morgan fingerprint density at radius 2 is 0.625 bits per heavy atom. The largest absolute Gasteiger partial charge is 2.00 e. The standard InChI is InChI=1S/Co.Cu.Ni.4S.Zn/q3*+2;4*-2;+2. The van der Waals surface area contributed by atoms with Gasteiger partial charge in [-0.3, -0.25) is 0 Å². The van der Waals surface area contributed by atoms with Gasteiger partial charge in [-0.1, -0.05) is 0 Å². The summed E-state index contributed by atoms with van der Waals surface area (Å²) in [7, 11) is 0. The van der Waals surface area contributed by atoms with Crippen molar-refractivity contribution in [2.75, 3.05) is 0 Å². The van der Waals surface area contributed by atoms with Crippen LogP contribution in [-0.4, -0.2) is 0 Å². The summed E-state index contributed by atoms with van der Waals surface area (Å²) in [6, 6.07) is 0. The molecule has 0 spiro atoms. The molecule has 0 bridgehead atoms. The Morgan fingerprint density at radius 3 is 0.625 bits per heavy atom. The van der Waals surface area contributed by atoms with E-state index < -0.39 is 0 Å². The third-order valence-corrected chi connectivity index (χ3v) is 0. The summed E-state index contributed by atoms with van der Waals surface area (Å²) in [5, 5.41) is 0. The quantitative estimate of drug-likeness (QED) is 0.523.